The Morgan fingerprint density at radius 1 is 0.421 bits per heavy atom. The van der Waals surface area contributed by atoms with Crippen LogP contribution in [0.5, 0.6) is 5.75 Å². The fraction of sp³-hybridized carbons (Fsp3) is 0.407. The molecule has 6 aromatic rings. The number of hydrogen-bond acceptors (Lipinski definition) is 3. The topological polar surface area (TPSA) is 9.23 Å². The summed E-state index contributed by atoms with van der Waals surface area (Å²) in [6.45, 7) is 9.91. The molecule has 0 N–H and O–H groups in total. The fourth-order valence-corrected chi connectivity index (χ4v) is 11.0. The number of unbranched alkanes of at least 4 members (excludes halogenated alkanes) is 11. The second-order valence-corrected chi connectivity index (χ2v) is 18.7. The molecule has 0 saturated carbocycles. The summed E-state index contributed by atoms with van der Waals surface area (Å²) in [6.07, 6.45) is 20.4. The normalized spacial score (nSPS) is 12.8. The van der Waals surface area contributed by atoms with Gasteiger partial charge in [0.05, 0.1) is 6.61 Å². The predicted octanol–water partition coefficient (Wildman–Crippen LogP) is 17.7. The van der Waals surface area contributed by atoms with Gasteiger partial charge < -0.3 is 4.74 Å². The minimum Gasteiger partial charge on any atom is -0.494 e. The maximum atomic E-state index is 6.11. The van der Waals surface area contributed by atoms with Gasteiger partial charge in [0.1, 0.15) is 5.75 Å². The summed E-state index contributed by atoms with van der Waals surface area (Å²) in [4.78, 5) is 5.36. The van der Waals surface area contributed by atoms with E-state index >= 15 is 0 Å². The van der Waals surface area contributed by atoms with E-state index in [1.165, 1.54) is 155 Å². The molecule has 0 fully saturated rings. The Hall–Kier alpha value is -3.92. The Bertz CT molecular complexity index is 2140. The van der Waals surface area contributed by atoms with E-state index in [2.05, 4.69) is 137 Å². The van der Waals surface area contributed by atoms with Crippen molar-refractivity contribution in [3.05, 3.63) is 126 Å². The number of thiophene rings is 2. The van der Waals surface area contributed by atoms with Gasteiger partial charge in [-0.15, -0.1) is 22.7 Å². The molecule has 2 aromatic heterocycles. The van der Waals surface area contributed by atoms with E-state index in [1.807, 2.05) is 22.7 Å². The van der Waals surface area contributed by atoms with Gasteiger partial charge in [0.15, 0.2) is 0 Å². The maximum Gasteiger partial charge on any atom is 0.119 e. The standard InChI is InChI=1S/C54H64OS2/c1-5-8-11-14-15-18-37-55-45-27-23-42(24-28-45)51-32-34-53(57-51)44-26-30-47-46-29-25-43(52-33-31-50(56-52)41-21-19-40(4)20-22-41)38-48(46)54(49(47)39-44,35-16-12-9-6-2)36-17-13-10-7-3/h19-34,38-39H,5-18,35-37H2,1-4H3. The van der Waals surface area contributed by atoms with Crippen molar-refractivity contribution in [2.24, 2.45) is 0 Å². The Kier molecular flexibility index (Phi) is 14.6. The van der Waals surface area contributed by atoms with Crippen LogP contribution in [0.1, 0.15) is 140 Å². The molecule has 0 atom stereocenters. The highest BCUT2D eigenvalue weighted by Gasteiger charge is 2.42. The van der Waals surface area contributed by atoms with Gasteiger partial charge in [0.25, 0.3) is 0 Å². The predicted molar refractivity (Wildman–Crippen MR) is 251 cm³/mol. The highest BCUT2D eigenvalue weighted by Crippen LogP contribution is 2.56. The molecule has 0 spiro atoms. The van der Waals surface area contributed by atoms with Gasteiger partial charge in [0.2, 0.25) is 0 Å². The van der Waals surface area contributed by atoms with Gasteiger partial charge in [0, 0.05) is 24.9 Å². The molecule has 7 rings (SSSR count). The van der Waals surface area contributed by atoms with E-state index < -0.39 is 0 Å². The van der Waals surface area contributed by atoms with Crippen LogP contribution in [0.3, 0.4) is 0 Å². The third-order valence-corrected chi connectivity index (χ3v) is 14.7. The third-order valence-electron chi connectivity index (χ3n) is 12.3. The molecule has 0 amide bonds. The summed E-state index contributed by atoms with van der Waals surface area (Å²) in [5, 5.41) is 0. The summed E-state index contributed by atoms with van der Waals surface area (Å²) < 4.78 is 6.11. The van der Waals surface area contributed by atoms with Crippen molar-refractivity contribution in [2.45, 2.75) is 136 Å². The first kappa shape index (κ1) is 41.2. The molecule has 0 radical (unpaired) electrons. The van der Waals surface area contributed by atoms with E-state index in [0.29, 0.717) is 0 Å². The van der Waals surface area contributed by atoms with Crippen LogP contribution >= 0.6 is 22.7 Å². The average Bonchev–Trinajstić information content (AvgIpc) is 4.00. The molecule has 1 aliphatic carbocycles. The van der Waals surface area contributed by atoms with Crippen LogP contribution in [0.25, 0.3) is 52.9 Å². The second-order valence-electron chi connectivity index (χ2n) is 16.6. The number of fused-ring (bicyclic) bond motifs is 3. The first-order valence-corrected chi connectivity index (χ1v) is 24.0. The zero-order chi connectivity index (χ0) is 39.5. The Balaban J connectivity index is 1.17. The van der Waals surface area contributed by atoms with Crippen molar-refractivity contribution in [1.29, 1.82) is 0 Å². The highest BCUT2D eigenvalue weighted by atomic mass is 32.1. The Labute approximate surface area is 352 Å². The van der Waals surface area contributed by atoms with Crippen molar-refractivity contribution in [1.82, 2.24) is 0 Å². The molecule has 0 unspecified atom stereocenters. The van der Waals surface area contributed by atoms with Gasteiger partial charge in [-0.2, -0.15) is 0 Å². The van der Waals surface area contributed by atoms with Gasteiger partial charge in [-0.1, -0.05) is 158 Å². The van der Waals surface area contributed by atoms with E-state index in [4.69, 9.17) is 4.74 Å². The lowest BCUT2D eigenvalue weighted by Crippen LogP contribution is -2.25. The SMILES string of the molecule is CCCCCCCCOc1ccc(-c2ccc(-c3ccc4c(c3)C(CCCCCC)(CCCCCC)c3cc(-c5ccc(-c6ccc(C)cc6)s5)ccc3-4)s2)cc1. The zero-order valence-electron chi connectivity index (χ0n) is 35.1. The quantitative estimate of drug-likeness (QED) is 0.0622. The minimum absolute atomic E-state index is 0.0284. The summed E-state index contributed by atoms with van der Waals surface area (Å²) in [6, 6.07) is 42.0. The molecule has 4 aromatic carbocycles. The van der Waals surface area contributed by atoms with Crippen LogP contribution in [0.2, 0.25) is 0 Å². The van der Waals surface area contributed by atoms with Gasteiger partial charge in [-0.25, -0.2) is 0 Å². The number of benzene rings is 4. The van der Waals surface area contributed by atoms with Crippen LogP contribution in [0.4, 0.5) is 0 Å². The number of ether oxygens (including phenoxy) is 1. The molecule has 0 saturated heterocycles. The number of rotatable bonds is 22. The summed E-state index contributed by atoms with van der Waals surface area (Å²) in [5.41, 5.74) is 12.6. The van der Waals surface area contributed by atoms with Crippen molar-refractivity contribution in [3.8, 4) is 58.6 Å². The van der Waals surface area contributed by atoms with Crippen LogP contribution in [-0.2, 0) is 5.41 Å². The summed E-state index contributed by atoms with van der Waals surface area (Å²) in [5.74, 6) is 0.977. The first-order chi connectivity index (χ1) is 28.0. The van der Waals surface area contributed by atoms with Crippen molar-refractivity contribution >= 4 is 22.7 Å². The molecule has 298 valence electrons. The van der Waals surface area contributed by atoms with E-state index in [1.54, 1.807) is 11.1 Å². The van der Waals surface area contributed by atoms with Gasteiger partial charge in [-0.05, 0) is 131 Å². The lowest BCUT2D eigenvalue weighted by Gasteiger charge is -2.33. The first-order valence-electron chi connectivity index (χ1n) is 22.3. The number of aryl methyl sites for hydroxylation is 1. The van der Waals surface area contributed by atoms with Crippen molar-refractivity contribution in [2.75, 3.05) is 6.61 Å². The highest BCUT2D eigenvalue weighted by molar-refractivity contribution is 7.19. The summed E-state index contributed by atoms with van der Waals surface area (Å²) in [7, 11) is 0. The summed E-state index contributed by atoms with van der Waals surface area (Å²) >= 11 is 3.84. The van der Waals surface area contributed by atoms with Gasteiger partial charge >= 0.3 is 0 Å². The van der Waals surface area contributed by atoms with E-state index in [9.17, 15) is 0 Å². The molecule has 57 heavy (non-hydrogen) atoms. The van der Waals surface area contributed by atoms with E-state index in [-0.39, 0.29) is 5.41 Å². The molecule has 0 aliphatic heterocycles. The second kappa shape index (κ2) is 20.2. The minimum atomic E-state index is 0.0284. The smallest absolute Gasteiger partial charge is 0.119 e. The number of hydrogen-bond donors (Lipinski definition) is 0. The van der Waals surface area contributed by atoms with Crippen LogP contribution in [0, 0.1) is 6.92 Å². The lowest BCUT2D eigenvalue weighted by atomic mass is 9.70. The monoisotopic (exact) mass is 792 g/mol. The molecule has 2 heterocycles. The maximum absolute atomic E-state index is 6.11. The largest absolute Gasteiger partial charge is 0.494 e. The molecule has 1 nitrogen and oxygen atoms in total. The van der Waals surface area contributed by atoms with Crippen molar-refractivity contribution < 1.29 is 4.74 Å². The molecular formula is C54H64OS2. The Morgan fingerprint density at radius 2 is 0.825 bits per heavy atom. The van der Waals surface area contributed by atoms with Crippen LogP contribution < -0.4 is 4.74 Å². The molecule has 0 bridgehead atoms. The fourth-order valence-electron chi connectivity index (χ4n) is 8.97. The van der Waals surface area contributed by atoms with Crippen LogP contribution in [-0.4, -0.2) is 6.61 Å². The zero-order valence-corrected chi connectivity index (χ0v) is 36.8. The van der Waals surface area contributed by atoms with Gasteiger partial charge in [-0.3, -0.25) is 0 Å². The molecular weight excluding hydrogens is 729 g/mol. The van der Waals surface area contributed by atoms with Crippen molar-refractivity contribution in [3.63, 3.8) is 0 Å². The Morgan fingerprint density at radius 3 is 1.32 bits per heavy atom. The van der Waals surface area contributed by atoms with E-state index in [0.717, 1.165) is 18.8 Å². The molecule has 3 heteroatoms. The third kappa shape index (κ3) is 9.86. The van der Waals surface area contributed by atoms with Crippen LogP contribution in [0.15, 0.2) is 109 Å². The average molecular weight is 793 g/mol. The molecule has 1 aliphatic rings. The lowest BCUT2D eigenvalue weighted by molar-refractivity contribution is 0.304.